The van der Waals surface area contributed by atoms with E-state index in [1.54, 1.807) is 0 Å². The summed E-state index contributed by atoms with van der Waals surface area (Å²) in [6.07, 6.45) is 11.8. The maximum Gasteiger partial charge on any atom is 0.126 e. The first-order valence-electron chi connectivity index (χ1n) is 24.8. The Labute approximate surface area is 403 Å². The lowest BCUT2D eigenvalue weighted by Gasteiger charge is -2.24. The molecule has 0 saturated carbocycles. The summed E-state index contributed by atoms with van der Waals surface area (Å²) in [5.74, 6) is 3.74. The van der Waals surface area contributed by atoms with Crippen molar-refractivity contribution in [3.05, 3.63) is 215 Å². The molecule has 0 N–H and O–H groups in total. The van der Waals surface area contributed by atoms with E-state index in [-0.39, 0.29) is 0 Å². The molecular formula is C64H64O4. The second-order valence-corrected chi connectivity index (χ2v) is 18.1. The van der Waals surface area contributed by atoms with E-state index in [9.17, 15) is 0 Å². The minimum atomic E-state index is 0.585. The molecule has 0 aliphatic heterocycles. The number of benzene rings is 8. The fraction of sp³-hybridized carbons (Fsp3) is 0.250. The van der Waals surface area contributed by atoms with Crippen LogP contribution in [0.4, 0.5) is 0 Å². The molecule has 0 radical (unpaired) electrons. The molecule has 1 aliphatic carbocycles. The summed E-state index contributed by atoms with van der Waals surface area (Å²) in [6.45, 7) is 14.8. The molecule has 0 fully saturated rings. The SMILES string of the molecule is C=CCCCOc1c2cc(-c3cccc4ccccc34)cc1Cc1cccc(c1OCCC)Cc1cc(-c3cccc4ccccc34)cc(c1OCCCC=C)Cc1cccc(c1OCCC)C2. The van der Waals surface area contributed by atoms with E-state index in [0.717, 1.165) is 106 Å². The molecule has 68 heavy (non-hydrogen) atoms. The highest BCUT2D eigenvalue weighted by Gasteiger charge is 2.24. The topological polar surface area (TPSA) is 36.9 Å². The lowest BCUT2D eigenvalue weighted by Crippen LogP contribution is -2.10. The van der Waals surface area contributed by atoms with Gasteiger partial charge in [0.05, 0.1) is 26.4 Å². The van der Waals surface area contributed by atoms with E-state index in [0.29, 0.717) is 52.1 Å². The van der Waals surface area contributed by atoms with E-state index >= 15 is 0 Å². The molecule has 1 aliphatic rings. The van der Waals surface area contributed by atoms with Gasteiger partial charge in [0, 0.05) is 25.7 Å². The van der Waals surface area contributed by atoms with E-state index in [2.05, 4.69) is 173 Å². The highest BCUT2D eigenvalue weighted by molar-refractivity contribution is 5.98. The van der Waals surface area contributed by atoms with Crippen molar-refractivity contribution >= 4 is 21.5 Å². The van der Waals surface area contributed by atoms with Gasteiger partial charge in [-0.1, -0.05) is 147 Å². The maximum absolute atomic E-state index is 7.02. The normalized spacial score (nSPS) is 12.1. The molecule has 0 heterocycles. The quantitative estimate of drug-likeness (QED) is 0.0635. The van der Waals surface area contributed by atoms with E-state index < -0.39 is 0 Å². The number of hydrogen-bond donors (Lipinski definition) is 0. The van der Waals surface area contributed by atoms with Gasteiger partial charge in [0.25, 0.3) is 0 Å². The Bertz CT molecular complexity index is 2740. The standard InChI is InChI=1S/C64H64O4/c1-5-9-15-35-67-63-53-37-47-25-17-27-49(61(47)65-33-7-3)39-55-43-52(60-32-20-24-46-22-12-14-30-58(46)60)44-56(64(55)68-36-16-10-6-2)40-50-28-18-26-48(62(50)66-34-8-4)38-54(63)42-51(41-53)59-31-19-23-45-21-11-13-29-57(45)59/h5-6,11-14,17-32,41-44H,1-2,7-10,15-16,33-40H2,3-4H3. The Morgan fingerprint density at radius 3 is 1.07 bits per heavy atom. The van der Waals surface area contributed by atoms with Crippen LogP contribution in [0, 0.1) is 0 Å². The monoisotopic (exact) mass is 896 g/mol. The van der Waals surface area contributed by atoms with Gasteiger partial charge in [-0.05, 0) is 151 Å². The third-order valence-electron chi connectivity index (χ3n) is 13.1. The van der Waals surface area contributed by atoms with E-state index in [1.165, 1.54) is 43.8 Å². The van der Waals surface area contributed by atoms with Crippen LogP contribution >= 0.6 is 0 Å². The number of unbranched alkanes of at least 4 members (excludes halogenated alkanes) is 2. The van der Waals surface area contributed by atoms with Crippen molar-refractivity contribution in [1.29, 1.82) is 0 Å². The predicted octanol–water partition coefficient (Wildman–Crippen LogP) is 16.3. The largest absolute Gasteiger partial charge is 0.493 e. The zero-order valence-electron chi connectivity index (χ0n) is 40.0. The van der Waals surface area contributed by atoms with E-state index in [4.69, 9.17) is 18.9 Å². The molecule has 0 atom stereocenters. The predicted molar refractivity (Wildman–Crippen MR) is 284 cm³/mol. The second-order valence-electron chi connectivity index (χ2n) is 18.1. The fourth-order valence-electron chi connectivity index (χ4n) is 9.91. The van der Waals surface area contributed by atoms with Gasteiger partial charge in [0.1, 0.15) is 23.0 Å². The summed E-state index contributed by atoms with van der Waals surface area (Å²) >= 11 is 0. The first kappa shape index (κ1) is 46.1. The zero-order valence-corrected chi connectivity index (χ0v) is 40.0. The average molecular weight is 897 g/mol. The number of hydrogen-bond acceptors (Lipinski definition) is 4. The van der Waals surface area contributed by atoms with Crippen LogP contribution in [0.5, 0.6) is 23.0 Å². The number of rotatable bonds is 18. The van der Waals surface area contributed by atoms with Crippen LogP contribution in [0.1, 0.15) is 96.9 Å². The van der Waals surface area contributed by atoms with Gasteiger partial charge in [-0.3, -0.25) is 0 Å². The zero-order chi connectivity index (χ0) is 46.7. The Balaban J connectivity index is 1.32. The molecule has 0 unspecified atom stereocenters. The third-order valence-corrected chi connectivity index (χ3v) is 13.1. The van der Waals surface area contributed by atoms with E-state index in [1.807, 2.05) is 12.2 Å². The first-order valence-corrected chi connectivity index (χ1v) is 24.8. The Hall–Kier alpha value is -7.04. The third kappa shape index (κ3) is 10.3. The molecule has 8 aromatic rings. The highest BCUT2D eigenvalue weighted by Crippen LogP contribution is 2.43. The van der Waals surface area contributed by atoms with Crippen LogP contribution in [-0.4, -0.2) is 26.4 Å². The van der Waals surface area contributed by atoms with Gasteiger partial charge < -0.3 is 18.9 Å². The second kappa shape index (κ2) is 22.2. The molecule has 0 amide bonds. The smallest absolute Gasteiger partial charge is 0.126 e. The minimum absolute atomic E-state index is 0.585. The van der Waals surface area contributed by atoms with Crippen molar-refractivity contribution in [2.45, 2.75) is 78.1 Å². The minimum Gasteiger partial charge on any atom is -0.493 e. The molecule has 8 aromatic carbocycles. The molecule has 0 saturated heterocycles. The molecule has 4 heteroatoms. The van der Waals surface area contributed by atoms with Gasteiger partial charge in [-0.2, -0.15) is 0 Å². The number of ether oxygens (including phenoxy) is 4. The number of fused-ring (bicyclic) bond motifs is 10. The van der Waals surface area contributed by atoms with Crippen molar-refractivity contribution in [3.63, 3.8) is 0 Å². The van der Waals surface area contributed by atoms with Crippen LogP contribution < -0.4 is 18.9 Å². The lowest BCUT2D eigenvalue weighted by molar-refractivity contribution is 0.302. The summed E-state index contributed by atoms with van der Waals surface area (Å²) in [4.78, 5) is 0. The maximum atomic E-state index is 7.02. The summed E-state index contributed by atoms with van der Waals surface area (Å²) in [5, 5.41) is 4.88. The van der Waals surface area contributed by atoms with Crippen LogP contribution in [0.2, 0.25) is 0 Å². The summed E-state index contributed by atoms with van der Waals surface area (Å²) < 4.78 is 27.9. The molecule has 8 bridgehead atoms. The lowest BCUT2D eigenvalue weighted by atomic mass is 9.87. The van der Waals surface area contributed by atoms with Gasteiger partial charge in [0.2, 0.25) is 0 Å². The number of allylic oxidation sites excluding steroid dienone is 2. The Morgan fingerprint density at radius 2 is 0.706 bits per heavy atom. The van der Waals surface area contributed by atoms with Crippen molar-refractivity contribution in [2.24, 2.45) is 0 Å². The number of para-hydroxylation sites is 2. The molecule has 4 nitrogen and oxygen atoms in total. The van der Waals surface area contributed by atoms with Crippen LogP contribution in [0.3, 0.4) is 0 Å². The molecule has 344 valence electrons. The molecule has 9 rings (SSSR count). The molecular weight excluding hydrogens is 833 g/mol. The fourth-order valence-corrected chi connectivity index (χ4v) is 9.91. The van der Waals surface area contributed by atoms with Crippen molar-refractivity contribution in [1.82, 2.24) is 0 Å². The van der Waals surface area contributed by atoms with Crippen molar-refractivity contribution in [3.8, 4) is 45.3 Å². The van der Waals surface area contributed by atoms with Crippen LogP contribution in [0.25, 0.3) is 43.8 Å². The summed E-state index contributed by atoms with van der Waals surface area (Å²) in [5.41, 5.74) is 13.8. The Kier molecular flexibility index (Phi) is 15.0. The van der Waals surface area contributed by atoms with Gasteiger partial charge >= 0.3 is 0 Å². The van der Waals surface area contributed by atoms with Crippen LogP contribution in [0.15, 0.2) is 171 Å². The Morgan fingerprint density at radius 1 is 0.382 bits per heavy atom. The van der Waals surface area contributed by atoms with Gasteiger partial charge in [0.15, 0.2) is 0 Å². The van der Waals surface area contributed by atoms with Crippen molar-refractivity contribution < 1.29 is 18.9 Å². The average Bonchev–Trinajstić information content (AvgIpc) is 3.36. The van der Waals surface area contributed by atoms with Gasteiger partial charge in [-0.25, -0.2) is 0 Å². The van der Waals surface area contributed by atoms with Crippen molar-refractivity contribution in [2.75, 3.05) is 26.4 Å². The molecule has 0 aromatic heterocycles. The summed E-state index contributed by atoms with van der Waals surface area (Å²) in [7, 11) is 0. The highest BCUT2D eigenvalue weighted by atomic mass is 16.5. The molecule has 0 spiro atoms. The van der Waals surface area contributed by atoms with Gasteiger partial charge in [-0.15, -0.1) is 13.2 Å². The first-order chi connectivity index (χ1) is 33.6. The summed E-state index contributed by atoms with van der Waals surface area (Å²) in [6, 6.07) is 53.5. The van der Waals surface area contributed by atoms with Crippen LogP contribution in [-0.2, 0) is 25.7 Å².